The highest BCUT2D eigenvalue weighted by Gasteiger charge is 2.41. The summed E-state index contributed by atoms with van der Waals surface area (Å²) in [6.45, 7) is 7.46. The molecule has 1 N–H and O–H groups in total. The number of ether oxygens (including phenoxy) is 3. The predicted molar refractivity (Wildman–Crippen MR) is 110 cm³/mol. The van der Waals surface area contributed by atoms with E-state index in [1.807, 2.05) is 11.8 Å². The van der Waals surface area contributed by atoms with Crippen LogP contribution >= 0.6 is 0 Å². The molecule has 0 saturated carbocycles. The molecule has 2 aliphatic heterocycles. The second-order valence-electron chi connectivity index (χ2n) is 7.76. The van der Waals surface area contributed by atoms with Gasteiger partial charge in [-0.1, -0.05) is 0 Å². The molecular formula is C22H32N2O5. The summed E-state index contributed by atoms with van der Waals surface area (Å²) in [6, 6.07) is 7.04. The van der Waals surface area contributed by atoms with Crippen molar-refractivity contribution in [2.45, 2.75) is 51.2 Å². The molecule has 7 nitrogen and oxygen atoms in total. The molecule has 1 aromatic carbocycles. The van der Waals surface area contributed by atoms with Gasteiger partial charge in [0.2, 0.25) is 5.91 Å². The number of carbonyl (C=O) groups excluding carboxylic acids is 2. The van der Waals surface area contributed by atoms with Crippen LogP contribution in [0.5, 0.6) is 0 Å². The zero-order chi connectivity index (χ0) is 20.7. The van der Waals surface area contributed by atoms with E-state index in [2.05, 4.69) is 5.32 Å². The van der Waals surface area contributed by atoms with Crippen LogP contribution < -0.4 is 5.32 Å². The van der Waals surface area contributed by atoms with Crippen molar-refractivity contribution in [1.82, 2.24) is 4.90 Å². The van der Waals surface area contributed by atoms with Gasteiger partial charge < -0.3 is 24.4 Å². The third kappa shape index (κ3) is 6.01. The average molecular weight is 405 g/mol. The van der Waals surface area contributed by atoms with Crippen LogP contribution in [0.15, 0.2) is 24.3 Å². The average Bonchev–Trinajstić information content (AvgIpc) is 2.72. The number of amides is 2. The van der Waals surface area contributed by atoms with Crippen LogP contribution in [0.3, 0.4) is 0 Å². The number of piperidine rings is 1. The van der Waals surface area contributed by atoms with Gasteiger partial charge in [0.25, 0.3) is 5.91 Å². The Morgan fingerprint density at radius 3 is 2.59 bits per heavy atom. The Balaban J connectivity index is 1.50. The van der Waals surface area contributed by atoms with E-state index in [4.69, 9.17) is 14.2 Å². The minimum atomic E-state index is -0.180. The zero-order valence-corrected chi connectivity index (χ0v) is 17.4. The second-order valence-corrected chi connectivity index (χ2v) is 7.76. The lowest BCUT2D eigenvalue weighted by atomic mass is 9.83. The van der Waals surface area contributed by atoms with Crippen LogP contribution in [-0.2, 0) is 19.0 Å². The summed E-state index contributed by atoms with van der Waals surface area (Å²) < 4.78 is 17.5. The second kappa shape index (κ2) is 10.2. The van der Waals surface area contributed by atoms with E-state index in [0.29, 0.717) is 50.8 Å². The number of hydrogen-bond donors (Lipinski definition) is 1. The number of carbonyl (C=O) groups is 2. The van der Waals surface area contributed by atoms with Gasteiger partial charge in [0.15, 0.2) is 0 Å². The van der Waals surface area contributed by atoms with Gasteiger partial charge in [0.05, 0.1) is 24.9 Å². The lowest BCUT2D eigenvalue weighted by Gasteiger charge is -2.46. The highest BCUT2D eigenvalue weighted by molar-refractivity contribution is 5.95. The first-order valence-electron chi connectivity index (χ1n) is 10.5. The number of anilines is 1. The van der Waals surface area contributed by atoms with Gasteiger partial charge >= 0.3 is 0 Å². The van der Waals surface area contributed by atoms with Crippen molar-refractivity contribution < 1.29 is 23.8 Å². The minimum Gasteiger partial charge on any atom is -0.379 e. The lowest BCUT2D eigenvalue weighted by molar-refractivity contribution is -0.155. The molecule has 2 heterocycles. The number of likely N-dealkylation sites (tertiary alicyclic amines) is 1. The van der Waals surface area contributed by atoms with E-state index in [1.165, 1.54) is 6.92 Å². The first kappa shape index (κ1) is 21.7. The molecule has 160 valence electrons. The maximum atomic E-state index is 12.8. The fraction of sp³-hybridized carbons (Fsp3) is 0.636. The summed E-state index contributed by atoms with van der Waals surface area (Å²) in [4.78, 5) is 25.8. The highest BCUT2D eigenvalue weighted by Crippen LogP contribution is 2.36. The van der Waals surface area contributed by atoms with Crippen LogP contribution in [0, 0.1) is 0 Å². The van der Waals surface area contributed by atoms with E-state index in [1.54, 1.807) is 24.3 Å². The number of nitrogens with one attached hydrogen (secondary N) is 1. The monoisotopic (exact) mass is 404 g/mol. The van der Waals surface area contributed by atoms with Gasteiger partial charge in [-0.3, -0.25) is 9.59 Å². The molecule has 0 aliphatic carbocycles. The summed E-state index contributed by atoms with van der Waals surface area (Å²) in [5.74, 6) is -0.104. The first-order chi connectivity index (χ1) is 14.0. The molecule has 0 aromatic heterocycles. The van der Waals surface area contributed by atoms with E-state index >= 15 is 0 Å². The van der Waals surface area contributed by atoms with Gasteiger partial charge in [-0.15, -0.1) is 0 Å². The molecule has 7 heteroatoms. The van der Waals surface area contributed by atoms with Crippen LogP contribution in [0.4, 0.5) is 5.69 Å². The molecule has 2 fully saturated rings. The van der Waals surface area contributed by atoms with Crippen molar-refractivity contribution in [2.75, 3.05) is 44.8 Å². The van der Waals surface area contributed by atoms with Crippen molar-refractivity contribution in [3.8, 4) is 0 Å². The molecule has 2 aliphatic rings. The van der Waals surface area contributed by atoms with Crippen molar-refractivity contribution >= 4 is 17.5 Å². The Bertz CT molecular complexity index is 683. The summed E-state index contributed by atoms with van der Waals surface area (Å²) in [5, 5.41) is 2.71. The maximum Gasteiger partial charge on any atom is 0.253 e. The van der Waals surface area contributed by atoms with Crippen molar-refractivity contribution in [3.63, 3.8) is 0 Å². The molecule has 3 rings (SSSR count). The number of nitrogens with zero attached hydrogens (tertiary/aromatic N) is 1. The van der Waals surface area contributed by atoms with Gasteiger partial charge in [-0.05, 0) is 50.5 Å². The molecule has 1 aromatic rings. The van der Waals surface area contributed by atoms with Crippen molar-refractivity contribution in [3.05, 3.63) is 29.8 Å². The molecule has 1 unspecified atom stereocenters. The van der Waals surface area contributed by atoms with E-state index in [9.17, 15) is 9.59 Å². The summed E-state index contributed by atoms with van der Waals surface area (Å²) in [6.07, 6.45) is 3.65. The molecule has 1 atom stereocenters. The van der Waals surface area contributed by atoms with E-state index in [-0.39, 0.29) is 23.5 Å². The van der Waals surface area contributed by atoms with Gasteiger partial charge in [0, 0.05) is 50.9 Å². The zero-order valence-electron chi connectivity index (χ0n) is 17.4. The van der Waals surface area contributed by atoms with Crippen LogP contribution in [0.1, 0.15) is 49.9 Å². The standard InChI is InChI=1S/C22H32N2O5/c1-3-27-14-15-28-20-8-13-29-22(16-20)9-11-24(12-10-22)21(26)18-4-6-19(7-5-18)23-17(2)25/h4-7,20H,3,8-16H2,1-2H3,(H,23,25). The third-order valence-electron chi connectivity index (χ3n) is 5.65. The number of hydrogen-bond acceptors (Lipinski definition) is 5. The largest absolute Gasteiger partial charge is 0.379 e. The fourth-order valence-corrected chi connectivity index (χ4v) is 4.09. The molecule has 29 heavy (non-hydrogen) atoms. The van der Waals surface area contributed by atoms with Crippen molar-refractivity contribution in [2.24, 2.45) is 0 Å². The first-order valence-corrected chi connectivity index (χ1v) is 10.5. The van der Waals surface area contributed by atoms with Crippen LogP contribution in [0.25, 0.3) is 0 Å². The fourth-order valence-electron chi connectivity index (χ4n) is 4.09. The number of rotatable bonds is 7. The quantitative estimate of drug-likeness (QED) is 0.707. The van der Waals surface area contributed by atoms with E-state index in [0.717, 1.165) is 25.7 Å². The SMILES string of the molecule is CCOCCOC1CCOC2(CCN(C(=O)c3ccc(NC(C)=O)cc3)CC2)C1. The lowest BCUT2D eigenvalue weighted by Crippen LogP contribution is -2.52. The molecule has 0 radical (unpaired) electrons. The molecular weight excluding hydrogens is 372 g/mol. The van der Waals surface area contributed by atoms with Gasteiger partial charge in [-0.25, -0.2) is 0 Å². The van der Waals surface area contributed by atoms with E-state index < -0.39 is 0 Å². The van der Waals surface area contributed by atoms with Crippen LogP contribution in [0.2, 0.25) is 0 Å². The Morgan fingerprint density at radius 2 is 1.93 bits per heavy atom. The highest BCUT2D eigenvalue weighted by atomic mass is 16.5. The minimum absolute atomic E-state index is 0.0227. The maximum absolute atomic E-state index is 12.8. The van der Waals surface area contributed by atoms with Crippen molar-refractivity contribution in [1.29, 1.82) is 0 Å². The molecule has 0 bridgehead atoms. The van der Waals surface area contributed by atoms with Gasteiger partial charge in [0.1, 0.15) is 0 Å². The third-order valence-corrected chi connectivity index (χ3v) is 5.65. The number of benzene rings is 1. The molecule has 2 amide bonds. The Hall–Kier alpha value is -1.96. The normalized spacial score (nSPS) is 21.2. The molecule has 1 spiro atoms. The Labute approximate surface area is 172 Å². The summed E-state index contributed by atoms with van der Waals surface area (Å²) >= 11 is 0. The topological polar surface area (TPSA) is 77.1 Å². The smallest absolute Gasteiger partial charge is 0.253 e. The Morgan fingerprint density at radius 1 is 1.21 bits per heavy atom. The Kier molecular flexibility index (Phi) is 7.64. The summed E-state index contributed by atoms with van der Waals surface area (Å²) in [7, 11) is 0. The van der Waals surface area contributed by atoms with Crippen LogP contribution in [-0.4, -0.2) is 67.9 Å². The van der Waals surface area contributed by atoms with Gasteiger partial charge in [-0.2, -0.15) is 0 Å². The predicted octanol–water partition coefficient (Wildman–Crippen LogP) is 2.85. The molecule has 2 saturated heterocycles. The summed E-state index contributed by atoms with van der Waals surface area (Å²) in [5.41, 5.74) is 1.15.